The minimum atomic E-state index is -3.66. The van der Waals surface area contributed by atoms with Gasteiger partial charge in [0.15, 0.2) is 0 Å². The van der Waals surface area contributed by atoms with Gasteiger partial charge < -0.3 is 5.32 Å². The maximum atomic E-state index is 12.9. The minimum absolute atomic E-state index is 0.175. The molecule has 1 heterocycles. The third kappa shape index (κ3) is 5.25. The van der Waals surface area contributed by atoms with Crippen molar-refractivity contribution in [2.24, 2.45) is 4.99 Å². The molecular formula is C20H26N4O4S2. The van der Waals surface area contributed by atoms with E-state index in [9.17, 15) is 16.8 Å². The fourth-order valence-electron chi connectivity index (χ4n) is 2.99. The van der Waals surface area contributed by atoms with Gasteiger partial charge in [-0.1, -0.05) is 35.4 Å². The first-order valence-electron chi connectivity index (χ1n) is 9.60. The smallest absolute Gasteiger partial charge is 0.265 e. The van der Waals surface area contributed by atoms with Crippen LogP contribution in [0.15, 0.2) is 63.3 Å². The molecule has 0 saturated carbocycles. The number of hydrogen-bond donors (Lipinski definition) is 2. The number of aryl methyl sites for hydroxylation is 2. The maximum absolute atomic E-state index is 12.9. The lowest BCUT2D eigenvalue weighted by Crippen LogP contribution is -2.41. The van der Waals surface area contributed by atoms with Crippen molar-refractivity contribution in [3.8, 4) is 0 Å². The van der Waals surface area contributed by atoms with Crippen molar-refractivity contribution in [2.45, 2.75) is 23.6 Å². The van der Waals surface area contributed by atoms with Gasteiger partial charge in [-0.05, 0) is 38.1 Å². The van der Waals surface area contributed by atoms with E-state index in [4.69, 9.17) is 0 Å². The zero-order chi connectivity index (χ0) is 21.8. The summed E-state index contributed by atoms with van der Waals surface area (Å²) in [6, 6.07) is 13.3. The quantitative estimate of drug-likeness (QED) is 0.560. The van der Waals surface area contributed by atoms with Gasteiger partial charge in [0.2, 0.25) is 10.0 Å². The first-order chi connectivity index (χ1) is 14.2. The summed E-state index contributed by atoms with van der Waals surface area (Å²) >= 11 is 0. The fraction of sp³-hybridized carbons (Fsp3) is 0.350. The highest BCUT2D eigenvalue weighted by molar-refractivity contribution is 7.90. The van der Waals surface area contributed by atoms with Crippen LogP contribution in [-0.2, 0) is 20.0 Å². The summed E-state index contributed by atoms with van der Waals surface area (Å²) < 4.78 is 54.2. The number of sulfonamides is 2. The summed E-state index contributed by atoms with van der Waals surface area (Å²) in [6.07, 6.45) is 0. The molecular weight excluding hydrogens is 424 g/mol. The van der Waals surface area contributed by atoms with E-state index in [0.717, 1.165) is 11.1 Å². The van der Waals surface area contributed by atoms with Gasteiger partial charge >= 0.3 is 0 Å². The lowest BCUT2D eigenvalue weighted by atomic mass is 10.2. The van der Waals surface area contributed by atoms with Gasteiger partial charge in [0, 0.05) is 13.1 Å². The van der Waals surface area contributed by atoms with Crippen molar-refractivity contribution in [1.82, 2.24) is 14.3 Å². The second-order valence-electron chi connectivity index (χ2n) is 7.08. The van der Waals surface area contributed by atoms with Crippen molar-refractivity contribution in [2.75, 3.05) is 32.7 Å². The molecule has 2 N–H and O–H groups in total. The molecule has 8 nitrogen and oxygen atoms in total. The van der Waals surface area contributed by atoms with E-state index in [2.05, 4.69) is 15.0 Å². The highest BCUT2D eigenvalue weighted by Crippen LogP contribution is 2.19. The molecule has 0 aromatic heterocycles. The summed E-state index contributed by atoms with van der Waals surface area (Å²) in [5, 5.41) is 3.06. The molecule has 0 bridgehead atoms. The standard InChI is InChI=1S/C20H26N4O4S2/c1-16-3-7-18(8-4-16)29(25,26)23-12-11-21-15-20-22-13-14-24(20)30(27,28)19-9-5-17(2)6-10-19/h3-10,21,23H,11-15H2,1-2H3. The van der Waals surface area contributed by atoms with Crippen molar-refractivity contribution in [3.63, 3.8) is 0 Å². The number of nitrogens with zero attached hydrogens (tertiary/aromatic N) is 2. The number of rotatable bonds is 9. The number of amidine groups is 1. The van der Waals surface area contributed by atoms with Crippen LogP contribution < -0.4 is 10.0 Å². The van der Waals surface area contributed by atoms with E-state index >= 15 is 0 Å². The minimum Gasteiger partial charge on any atom is -0.309 e. The molecule has 2 aromatic rings. The first-order valence-corrected chi connectivity index (χ1v) is 12.5. The topological polar surface area (TPSA) is 108 Å². The van der Waals surface area contributed by atoms with Gasteiger partial charge in [-0.2, -0.15) is 0 Å². The normalized spacial score (nSPS) is 14.7. The molecule has 0 spiro atoms. The van der Waals surface area contributed by atoms with Gasteiger partial charge in [-0.15, -0.1) is 0 Å². The van der Waals surface area contributed by atoms with Gasteiger partial charge in [-0.3, -0.25) is 9.30 Å². The van der Waals surface area contributed by atoms with E-state index in [-0.39, 0.29) is 22.9 Å². The zero-order valence-corrected chi connectivity index (χ0v) is 18.6. The van der Waals surface area contributed by atoms with Gasteiger partial charge in [0.25, 0.3) is 10.0 Å². The van der Waals surface area contributed by atoms with Crippen LogP contribution in [0.1, 0.15) is 11.1 Å². The van der Waals surface area contributed by atoms with Gasteiger partial charge in [0.05, 0.1) is 29.4 Å². The van der Waals surface area contributed by atoms with E-state index < -0.39 is 20.0 Å². The molecule has 30 heavy (non-hydrogen) atoms. The van der Waals surface area contributed by atoms with Crippen LogP contribution in [0.4, 0.5) is 0 Å². The Kier molecular flexibility index (Phi) is 6.91. The summed E-state index contributed by atoms with van der Waals surface area (Å²) in [5.41, 5.74) is 1.97. The fourth-order valence-corrected chi connectivity index (χ4v) is 5.48. The number of nitrogens with one attached hydrogen (secondary N) is 2. The van der Waals surface area contributed by atoms with E-state index in [1.54, 1.807) is 48.5 Å². The number of aliphatic imine (C=N–C) groups is 1. The highest BCUT2D eigenvalue weighted by atomic mass is 32.2. The van der Waals surface area contributed by atoms with E-state index in [0.29, 0.717) is 25.5 Å². The summed E-state index contributed by atoms with van der Waals surface area (Å²) in [7, 11) is -7.24. The second kappa shape index (κ2) is 9.25. The Balaban J connectivity index is 1.52. The van der Waals surface area contributed by atoms with E-state index in [1.807, 2.05) is 13.8 Å². The van der Waals surface area contributed by atoms with Crippen molar-refractivity contribution in [3.05, 3.63) is 59.7 Å². The molecule has 0 aliphatic carbocycles. The molecule has 10 heteroatoms. The van der Waals surface area contributed by atoms with Crippen molar-refractivity contribution < 1.29 is 16.8 Å². The highest BCUT2D eigenvalue weighted by Gasteiger charge is 2.30. The Morgan fingerprint density at radius 1 is 0.867 bits per heavy atom. The summed E-state index contributed by atoms with van der Waals surface area (Å²) in [6.45, 7) is 5.24. The molecule has 0 saturated heterocycles. The maximum Gasteiger partial charge on any atom is 0.265 e. The van der Waals surface area contributed by atoms with E-state index in [1.165, 1.54) is 4.31 Å². The third-order valence-corrected chi connectivity index (χ3v) is 8.02. The van der Waals surface area contributed by atoms with Crippen LogP contribution in [0, 0.1) is 13.8 Å². The Bertz CT molecular complexity index is 1110. The monoisotopic (exact) mass is 450 g/mol. The molecule has 0 radical (unpaired) electrons. The second-order valence-corrected chi connectivity index (χ2v) is 10.7. The Morgan fingerprint density at radius 2 is 1.43 bits per heavy atom. The average molecular weight is 451 g/mol. The zero-order valence-electron chi connectivity index (χ0n) is 17.0. The lowest BCUT2D eigenvalue weighted by Gasteiger charge is -2.21. The van der Waals surface area contributed by atoms with Crippen molar-refractivity contribution in [1.29, 1.82) is 0 Å². The van der Waals surface area contributed by atoms with Crippen LogP contribution in [0.5, 0.6) is 0 Å². The third-order valence-electron chi connectivity index (χ3n) is 4.70. The van der Waals surface area contributed by atoms with Crippen LogP contribution >= 0.6 is 0 Å². The molecule has 162 valence electrons. The summed E-state index contributed by atoms with van der Waals surface area (Å²) in [4.78, 5) is 4.73. The average Bonchev–Trinajstić information content (AvgIpc) is 3.18. The van der Waals surface area contributed by atoms with Gasteiger partial charge in [-0.25, -0.2) is 21.6 Å². The Labute approximate surface area is 178 Å². The molecule has 0 amide bonds. The largest absolute Gasteiger partial charge is 0.309 e. The first kappa shape index (κ1) is 22.4. The molecule has 3 rings (SSSR count). The van der Waals surface area contributed by atoms with Crippen LogP contribution in [0.2, 0.25) is 0 Å². The molecule has 0 fully saturated rings. The number of benzene rings is 2. The Morgan fingerprint density at radius 3 is 2.03 bits per heavy atom. The van der Waals surface area contributed by atoms with Crippen molar-refractivity contribution >= 4 is 25.9 Å². The molecule has 1 aliphatic heterocycles. The molecule has 0 unspecified atom stereocenters. The lowest BCUT2D eigenvalue weighted by molar-refractivity contribution is 0.533. The molecule has 2 aromatic carbocycles. The predicted molar refractivity (Wildman–Crippen MR) is 117 cm³/mol. The van der Waals surface area contributed by atoms with Crippen LogP contribution in [-0.4, -0.2) is 59.7 Å². The van der Waals surface area contributed by atoms with Crippen LogP contribution in [0.25, 0.3) is 0 Å². The van der Waals surface area contributed by atoms with Gasteiger partial charge in [0.1, 0.15) is 5.84 Å². The number of hydrogen-bond acceptors (Lipinski definition) is 6. The predicted octanol–water partition coefficient (Wildman–Crippen LogP) is 1.27. The Hall–Kier alpha value is -2.27. The SMILES string of the molecule is Cc1ccc(S(=O)(=O)NCCNCC2=NCCN2S(=O)(=O)c2ccc(C)cc2)cc1. The summed E-state index contributed by atoms with van der Waals surface area (Å²) in [5.74, 6) is 0.428. The van der Waals surface area contributed by atoms with Crippen LogP contribution in [0.3, 0.4) is 0 Å². The molecule has 0 atom stereocenters. The molecule has 1 aliphatic rings.